The largest absolute Gasteiger partial charge is 0.484 e. The molecular weight excluding hydrogens is 555 g/mol. The van der Waals surface area contributed by atoms with Gasteiger partial charge in [-0.2, -0.15) is 5.10 Å². The molecule has 43 heavy (non-hydrogen) atoms. The van der Waals surface area contributed by atoms with E-state index < -0.39 is 17.8 Å². The molecule has 3 aromatic carbocycles. The van der Waals surface area contributed by atoms with Crippen molar-refractivity contribution in [2.45, 2.75) is 13.5 Å². The third-order valence-electron chi connectivity index (χ3n) is 6.46. The summed E-state index contributed by atoms with van der Waals surface area (Å²) < 4.78 is 26.1. The summed E-state index contributed by atoms with van der Waals surface area (Å²) in [6, 6.07) is 20.9. The van der Waals surface area contributed by atoms with Gasteiger partial charge in [0.1, 0.15) is 17.3 Å². The van der Waals surface area contributed by atoms with E-state index in [-0.39, 0.29) is 30.3 Å². The number of hydrogen-bond donors (Lipinski definition) is 3. The Balaban J connectivity index is 1.32. The SMILES string of the molecule is CCOC(=O)c1cc(-c2cn(Cc3ccc(F)cc3)cc2-c2ccc(OCC(=O)Nc3ccc(C(=O)O)cc3)cc2)n[nH]1. The molecular formula is C32H27FN4O6. The van der Waals surface area contributed by atoms with Crippen molar-refractivity contribution in [3.05, 3.63) is 114 Å². The summed E-state index contributed by atoms with van der Waals surface area (Å²) >= 11 is 0. The van der Waals surface area contributed by atoms with Crippen molar-refractivity contribution < 1.29 is 33.4 Å². The number of rotatable bonds is 11. The number of aromatic carboxylic acids is 1. The molecule has 2 heterocycles. The fourth-order valence-corrected chi connectivity index (χ4v) is 4.38. The molecule has 0 saturated carbocycles. The Labute approximate surface area is 245 Å². The molecule has 0 saturated heterocycles. The van der Waals surface area contributed by atoms with Crippen LogP contribution >= 0.6 is 0 Å². The van der Waals surface area contributed by atoms with Crippen molar-refractivity contribution >= 4 is 23.5 Å². The first-order valence-corrected chi connectivity index (χ1v) is 13.3. The summed E-state index contributed by atoms with van der Waals surface area (Å²) in [4.78, 5) is 35.5. The van der Waals surface area contributed by atoms with E-state index in [1.165, 1.54) is 36.4 Å². The topological polar surface area (TPSA) is 136 Å². The maximum Gasteiger partial charge on any atom is 0.356 e. The Bertz CT molecular complexity index is 1740. The molecule has 10 nitrogen and oxygen atoms in total. The Morgan fingerprint density at radius 3 is 2.33 bits per heavy atom. The first-order valence-electron chi connectivity index (χ1n) is 13.3. The maximum absolute atomic E-state index is 13.4. The second kappa shape index (κ2) is 12.9. The molecule has 5 aromatic rings. The monoisotopic (exact) mass is 582 g/mol. The van der Waals surface area contributed by atoms with Gasteiger partial charge in [0, 0.05) is 35.8 Å². The lowest BCUT2D eigenvalue weighted by Gasteiger charge is -2.09. The van der Waals surface area contributed by atoms with Crippen molar-refractivity contribution in [3.63, 3.8) is 0 Å². The molecule has 2 aromatic heterocycles. The fraction of sp³-hybridized carbons (Fsp3) is 0.125. The number of benzene rings is 3. The lowest BCUT2D eigenvalue weighted by molar-refractivity contribution is -0.118. The molecule has 3 N–H and O–H groups in total. The van der Waals surface area contributed by atoms with Crippen LogP contribution in [0.2, 0.25) is 0 Å². The second-order valence-corrected chi connectivity index (χ2v) is 9.52. The molecule has 0 aliphatic carbocycles. The Hall–Kier alpha value is -5.71. The van der Waals surface area contributed by atoms with Crippen LogP contribution in [0.25, 0.3) is 22.4 Å². The summed E-state index contributed by atoms with van der Waals surface area (Å²) in [5.74, 6) is -1.79. The zero-order valence-electron chi connectivity index (χ0n) is 23.0. The molecule has 0 unspecified atom stereocenters. The van der Waals surface area contributed by atoms with Gasteiger partial charge in [-0.1, -0.05) is 24.3 Å². The maximum atomic E-state index is 13.4. The van der Waals surface area contributed by atoms with Crippen LogP contribution in [-0.4, -0.2) is 50.9 Å². The van der Waals surface area contributed by atoms with Crippen LogP contribution in [0.5, 0.6) is 5.75 Å². The lowest BCUT2D eigenvalue weighted by Crippen LogP contribution is -2.20. The van der Waals surface area contributed by atoms with Gasteiger partial charge < -0.3 is 24.5 Å². The van der Waals surface area contributed by atoms with E-state index in [1.807, 2.05) is 29.1 Å². The molecule has 11 heteroatoms. The third kappa shape index (κ3) is 7.14. The molecule has 0 aliphatic rings. The van der Waals surface area contributed by atoms with Gasteiger partial charge in [-0.25, -0.2) is 14.0 Å². The number of hydrogen-bond acceptors (Lipinski definition) is 6. The number of halogens is 1. The van der Waals surface area contributed by atoms with Gasteiger partial charge in [0.15, 0.2) is 6.61 Å². The number of aromatic amines is 1. The van der Waals surface area contributed by atoms with Gasteiger partial charge in [-0.15, -0.1) is 0 Å². The molecule has 1 amide bonds. The minimum absolute atomic E-state index is 0.120. The van der Waals surface area contributed by atoms with Crippen LogP contribution in [0.3, 0.4) is 0 Å². The zero-order valence-corrected chi connectivity index (χ0v) is 23.0. The van der Waals surface area contributed by atoms with Crippen molar-refractivity contribution in [1.29, 1.82) is 0 Å². The highest BCUT2D eigenvalue weighted by atomic mass is 19.1. The number of esters is 1. The lowest BCUT2D eigenvalue weighted by atomic mass is 10.0. The number of nitrogens with zero attached hydrogens (tertiary/aromatic N) is 2. The number of aromatic nitrogens is 3. The normalized spacial score (nSPS) is 10.7. The summed E-state index contributed by atoms with van der Waals surface area (Å²) in [6.07, 6.45) is 3.85. The van der Waals surface area contributed by atoms with E-state index in [0.29, 0.717) is 23.7 Å². The van der Waals surface area contributed by atoms with Crippen LogP contribution in [-0.2, 0) is 16.1 Å². The minimum Gasteiger partial charge on any atom is -0.484 e. The number of ether oxygens (including phenoxy) is 2. The highest BCUT2D eigenvalue weighted by Gasteiger charge is 2.18. The smallest absolute Gasteiger partial charge is 0.356 e. The van der Waals surface area contributed by atoms with E-state index in [4.69, 9.17) is 14.6 Å². The van der Waals surface area contributed by atoms with Gasteiger partial charge in [-0.05, 0) is 72.6 Å². The molecule has 0 radical (unpaired) electrons. The van der Waals surface area contributed by atoms with Crippen molar-refractivity contribution in [3.8, 4) is 28.1 Å². The van der Waals surface area contributed by atoms with E-state index in [0.717, 1.165) is 22.3 Å². The van der Waals surface area contributed by atoms with Gasteiger partial charge in [0.25, 0.3) is 5.91 Å². The van der Waals surface area contributed by atoms with Crippen LogP contribution in [0.4, 0.5) is 10.1 Å². The summed E-state index contributed by atoms with van der Waals surface area (Å²) in [6.45, 7) is 2.20. The molecule has 0 bridgehead atoms. The average molecular weight is 583 g/mol. The fourth-order valence-electron chi connectivity index (χ4n) is 4.38. The third-order valence-corrected chi connectivity index (χ3v) is 6.46. The molecule has 0 atom stereocenters. The van der Waals surface area contributed by atoms with Crippen molar-refractivity contribution in [2.24, 2.45) is 0 Å². The molecule has 0 aliphatic heterocycles. The van der Waals surface area contributed by atoms with Crippen molar-refractivity contribution in [2.75, 3.05) is 18.5 Å². The van der Waals surface area contributed by atoms with E-state index in [1.54, 1.807) is 37.3 Å². The number of carboxylic acid groups (broad SMARTS) is 1. The van der Waals surface area contributed by atoms with Gasteiger partial charge >= 0.3 is 11.9 Å². The van der Waals surface area contributed by atoms with Gasteiger partial charge in [0.2, 0.25) is 0 Å². The number of carboxylic acids is 1. The summed E-state index contributed by atoms with van der Waals surface area (Å²) in [5, 5.41) is 18.7. The highest BCUT2D eigenvalue weighted by molar-refractivity contribution is 5.93. The molecule has 218 valence electrons. The van der Waals surface area contributed by atoms with Crippen LogP contribution in [0, 0.1) is 5.82 Å². The molecule has 0 spiro atoms. The van der Waals surface area contributed by atoms with E-state index in [2.05, 4.69) is 15.5 Å². The Kier molecular flexibility index (Phi) is 8.61. The quantitative estimate of drug-likeness (QED) is 0.172. The standard InChI is InChI=1S/C32H27FN4O6/c1-2-42-32(41)29-15-28(35-36-29)27-18-37(16-20-3-9-23(33)10-4-20)17-26(27)21-7-13-25(14-8-21)43-19-30(38)34-24-11-5-22(6-12-24)31(39)40/h3-15,17-18H,2,16,19H2,1H3,(H,34,38)(H,35,36)(H,39,40). The zero-order chi connectivity index (χ0) is 30.3. The number of H-pyrrole nitrogens is 1. The first-order chi connectivity index (χ1) is 20.8. The number of carbonyl (C=O) groups is 3. The Morgan fingerprint density at radius 2 is 1.65 bits per heavy atom. The number of nitrogens with one attached hydrogen (secondary N) is 2. The van der Waals surface area contributed by atoms with E-state index in [9.17, 15) is 18.8 Å². The predicted octanol–water partition coefficient (Wildman–Crippen LogP) is 5.63. The van der Waals surface area contributed by atoms with E-state index >= 15 is 0 Å². The second-order valence-electron chi connectivity index (χ2n) is 9.52. The van der Waals surface area contributed by atoms with Crippen LogP contribution in [0.15, 0.2) is 91.3 Å². The summed E-state index contributed by atoms with van der Waals surface area (Å²) in [7, 11) is 0. The first kappa shape index (κ1) is 28.8. The number of amides is 1. The Morgan fingerprint density at radius 1 is 0.953 bits per heavy atom. The number of carbonyl (C=O) groups excluding carboxylic acids is 2. The molecule has 5 rings (SSSR count). The van der Waals surface area contributed by atoms with Gasteiger partial charge in [-0.3, -0.25) is 9.89 Å². The molecule has 0 fully saturated rings. The predicted molar refractivity (Wildman–Crippen MR) is 156 cm³/mol. The van der Waals surface area contributed by atoms with Crippen LogP contribution in [0.1, 0.15) is 33.3 Å². The number of anilines is 1. The van der Waals surface area contributed by atoms with Crippen LogP contribution < -0.4 is 10.1 Å². The van der Waals surface area contributed by atoms with Crippen molar-refractivity contribution in [1.82, 2.24) is 14.8 Å². The highest BCUT2D eigenvalue weighted by Crippen LogP contribution is 2.34. The van der Waals surface area contributed by atoms with Gasteiger partial charge in [0.05, 0.1) is 17.9 Å². The average Bonchev–Trinajstić information content (AvgIpc) is 3.66. The minimum atomic E-state index is -1.05. The summed E-state index contributed by atoms with van der Waals surface area (Å²) in [5.41, 5.74) is 4.69.